The highest BCUT2D eigenvalue weighted by atomic mass is 16.5. The molecule has 0 unspecified atom stereocenters. The lowest BCUT2D eigenvalue weighted by Gasteiger charge is -2.13. The zero-order chi connectivity index (χ0) is 23.1. The molecule has 0 spiro atoms. The highest BCUT2D eigenvalue weighted by Crippen LogP contribution is 2.24. The van der Waals surface area contributed by atoms with Crippen LogP contribution in [0.4, 0.5) is 11.4 Å². The van der Waals surface area contributed by atoms with Gasteiger partial charge in [-0.2, -0.15) is 0 Å². The second-order valence-corrected chi connectivity index (χ2v) is 7.41. The van der Waals surface area contributed by atoms with Crippen molar-refractivity contribution in [2.45, 2.75) is 19.8 Å². The van der Waals surface area contributed by atoms with Gasteiger partial charge in [0.2, 0.25) is 5.91 Å². The summed E-state index contributed by atoms with van der Waals surface area (Å²) in [5.41, 5.74) is 2.76. The topological polar surface area (TPSA) is 68.8 Å². The fourth-order valence-corrected chi connectivity index (χ4v) is 3.23. The average molecular weight is 449 g/mol. The first kappa shape index (κ1) is 24.1. The molecule has 0 saturated carbocycles. The molecule has 6 heteroatoms. The molecule has 0 atom stereocenters. The largest absolute Gasteiger partial charge is 0.491 e. The van der Waals surface area contributed by atoms with E-state index in [0.717, 1.165) is 24.3 Å². The summed E-state index contributed by atoms with van der Waals surface area (Å²) in [4.78, 5) is 12.5. The van der Waals surface area contributed by atoms with Crippen LogP contribution in [0, 0.1) is 0 Å². The minimum absolute atomic E-state index is 0.130. The number of nitrogens with one attached hydrogen (secondary N) is 2. The molecule has 0 fully saturated rings. The third kappa shape index (κ3) is 8.86. The van der Waals surface area contributed by atoms with Gasteiger partial charge >= 0.3 is 0 Å². The van der Waals surface area contributed by atoms with Gasteiger partial charge in [0.25, 0.3) is 0 Å². The molecule has 0 saturated heterocycles. The van der Waals surface area contributed by atoms with Crippen LogP contribution >= 0.6 is 0 Å². The molecule has 3 rings (SSSR count). The van der Waals surface area contributed by atoms with Gasteiger partial charge in [0.1, 0.15) is 18.1 Å². The average Bonchev–Trinajstić information content (AvgIpc) is 2.85. The maximum Gasteiger partial charge on any atom is 0.243 e. The Hall–Kier alpha value is -3.51. The van der Waals surface area contributed by atoms with E-state index >= 15 is 0 Å². The van der Waals surface area contributed by atoms with E-state index in [4.69, 9.17) is 14.2 Å². The highest BCUT2D eigenvalue weighted by Gasteiger charge is 2.08. The number of amides is 1. The summed E-state index contributed by atoms with van der Waals surface area (Å²) in [5, 5.41) is 6.06. The smallest absolute Gasteiger partial charge is 0.243 e. The summed E-state index contributed by atoms with van der Waals surface area (Å²) in [6, 6.07) is 25.3. The minimum atomic E-state index is -0.155. The molecule has 3 aromatic rings. The van der Waals surface area contributed by atoms with Crippen molar-refractivity contribution in [3.05, 3.63) is 84.4 Å². The van der Waals surface area contributed by atoms with Crippen LogP contribution in [0.1, 0.15) is 18.9 Å². The Bertz CT molecular complexity index is 979. The number of anilines is 2. The van der Waals surface area contributed by atoms with E-state index in [-0.39, 0.29) is 12.5 Å². The van der Waals surface area contributed by atoms with Crippen molar-refractivity contribution in [3.63, 3.8) is 0 Å². The Morgan fingerprint density at radius 1 is 0.848 bits per heavy atom. The first-order valence-corrected chi connectivity index (χ1v) is 11.3. The lowest BCUT2D eigenvalue weighted by atomic mass is 10.1. The Morgan fingerprint density at radius 3 is 2.52 bits per heavy atom. The fourth-order valence-electron chi connectivity index (χ4n) is 3.23. The molecule has 0 aliphatic rings. The zero-order valence-electron chi connectivity index (χ0n) is 19.1. The summed E-state index contributed by atoms with van der Waals surface area (Å²) in [6.45, 7) is 4.36. The minimum Gasteiger partial charge on any atom is -0.491 e. The predicted molar refractivity (Wildman–Crippen MR) is 132 cm³/mol. The number of rotatable bonds is 14. The van der Waals surface area contributed by atoms with E-state index in [9.17, 15) is 4.79 Å². The van der Waals surface area contributed by atoms with Gasteiger partial charge in [0.15, 0.2) is 0 Å². The zero-order valence-corrected chi connectivity index (χ0v) is 19.1. The SMILES string of the molecule is CCOCCOc1cccc(NCC(=O)Nc2ccccc2OCCCc2ccccc2)c1. The van der Waals surface area contributed by atoms with Crippen LogP contribution < -0.4 is 20.1 Å². The molecule has 3 aromatic carbocycles. The van der Waals surface area contributed by atoms with Gasteiger partial charge in [-0.3, -0.25) is 4.79 Å². The van der Waals surface area contributed by atoms with Crippen LogP contribution in [0.2, 0.25) is 0 Å². The second kappa shape index (κ2) is 13.8. The maximum absolute atomic E-state index is 12.5. The number of ether oxygens (including phenoxy) is 3. The summed E-state index contributed by atoms with van der Waals surface area (Å²) in [5.74, 6) is 1.25. The third-order valence-corrected chi connectivity index (χ3v) is 4.86. The van der Waals surface area contributed by atoms with Crippen molar-refractivity contribution < 1.29 is 19.0 Å². The van der Waals surface area contributed by atoms with Crippen molar-refractivity contribution in [1.82, 2.24) is 0 Å². The van der Waals surface area contributed by atoms with E-state index in [1.807, 2.05) is 73.7 Å². The van der Waals surface area contributed by atoms with Crippen LogP contribution in [0.3, 0.4) is 0 Å². The van der Waals surface area contributed by atoms with Crippen molar-refractivity contribution in [2.24, 2.45) is 0 Å². The first-order valence-electron chi connectivity index (χ1n) is 11.3. The van der Waals surface area contributed by atoms with Crippen molar-refractivity contribution in [1.29, 1.82) is 0 Å². The second-order valence-electron chi connectivity index (χ2n) is 7.41. The Kier molecular flexibility index (Phi) is 10.1. The van der Waals surface area contributed by atoms with Gasteiger partial charge < -0.3 is 24.8 Å². The van der Waals surface area contributed by atoms with Gasteiger partial charge in [-0.05, 0) is 49.6 Å². The maximum atomic E-state index is 12.5. The predicted octanol–water partition coefficient (Wildman–Crippen LogP) is 5.16. The van der Waals surface area contributed by atoms with E-state index in [2.05, 4.69) is 22.8 Å². The molecule has 0 aliphatic carbocycles. The van der Waals surface area contributed by atoms with Crippen molar-refractivity contribution in [3.8, 4) is 11.5 Å². The molecular formula is C27H32N2O4. The number of benzene rings is 3. The Morgan fingerprint density at radius 2 is 1.67 bits per heavy atom. The molecule has 33 heavy (non-hydrogen) atoms. The van der Waals surface area contributed by atoms with E-state index in [1.54, 1.807) is 0 Å². The molecule has 2 N–H and O–H groups in total. The highest BCUT2D eigenvalue weighted by molar-refractivity contribution is 5.95. The quantitative estimate of drug-likeness (QED) is 0.333. The molecule has 6 nitrogen and oxygen atoms in total. The summed E-state index contributed by atoms with van der Waals surface area (Å²) >= 11 is 0. The number of carbonyl (C=O) groups excluding carboxylic acids is 1. The fraction of sp³-hybridized carbons (Fsp3) is 0.296. The van der Waals surface area contributed by atoms with Gasteiger partial charge in [-0.1, -0.05) is 48.5 Å². The summed E-state index contributed by atoms with van der Waals surface area (Å²) < 4.78 is 16.9. The Balaban J connectivity index is 1.44. The lowest BCUT2D eigenvalue weighted by molar-refractivity contribution is -0.114. The van der Waals surface area contributed by atoms with Crippen LogP contribution in [0.5, 0.6) is 11.5 Å². The van der Waals surface area contributed by atoms with Gasteiger partial charge in [0, 0.05) is 18.4 Å². The van der Waals surface area contributed by atoms with Crippen LogP contribution in [0.25, 0.3) is 0 Å². The number of carbonyl (C=O) groups is 1. The van der Waals surface area contributed by atoms with E-state index in [0.29, 0.717) is 37.9 Å². The molecule has 0 radical (unpaired) electrons. The van der Waals surface area contributed by atoms with Crippen molar-refractivity contribution in [2.75, 3.05) is 43.6 Å². The van der Waals surface area contributed by atoms with Crippen molar-refractivity contribution >= 4 is 17.3 Å². The first-order chi connectivity index (χ1) is 16.2. The number of aryl methyl sites for hydroxylation is 1. The van der Waals surface area contributed by atoms with Crippen LogP contribution in [-0.2, 0) is 16.0 Å². The van der Waals surface area contributed by atoms with Gasteiger partial charge in [0.05, 0.1) is 25.4 Å². The van der Waals surface area contributed by atoms with Crippen LogP contribution in [0.15, 0.2) is 78.9 Å². The normalized spacial score (nSPS) is 10.5. The lowest BCUT2D eigenvalue weighted by Crippen LogP contribution is -2.22. The molecular weight excluding hydrogens is 416 g/mol. The molecule has 0 heterocycles. The molecule has 0 aliphatic heterocycles. The van der Waals surface area contributed by atoms with E-state index in [1.165, 1.54) is 5.56 Å². The Labute approximate surface area is 195 Å². The number of para-hydroxylation sites is 2. The third-order valence-electron chi connectivity index (χ3n) is 4.86. The standard InChI is InChI=1S/C27H32N2O4/c1-2-31-18-19-32-24-14-8-13-23(20-24)28-21-27(30)29-25-15-6-7-16-26(25)33-17-9-12-22-10-4-3-5-11-22/h3-8,10-11,13-16,20,28H,2,9,12,17-19,21H2,1H3,(H,29,30). The van der Waals surface area contributed by atoms with Gasteiger partial charge in [-0.25, -0.2) is 0 Å². The molecule has 174 valence electrons. The van der Waals surface area contributed by atoms with E-state index < -0.39 is 0 Å². The molecule has 0 bridgehead atoms. The number of hydrogen-bond acceptors (Lipinski definition) is 5. The van der Waals surface area contributed by atoms with Crippen LogP contribution in [-0.4, -0.2) is 38.9 Å². The number of hydrogen-bond donors (Lipinski definition) is 2. The summed E-state index contributed by atoms with van der Waals surface area (Å²) in [7, 11) is 0. The monoisotopic (exact) mass is 448 g/mol. The van der Waals surface area contributed by atoms with Gasteiger partial charge in [-0.15, -0.1) is 0 Å². The summed E-state index contributed by atoms with van der Waals surface area (Å²) in [6.07, 6.45) is 1.85. The molecule has 0 aromatic heterocycles. The molecule has 1 amide bonds.